The number of nitrogens with zero attached hydrogens (tertiary/aromatic N) is 6. The highest BCUT2D eigenvalue weighted by atomic mass is 32.2. The fourth-order valence-electron chi connectivity index (χ4n) is 5.04. The number of hydrogen-bond donors (Lipinski definition) is 1. The smallest absolute Gasteiger partial charge is 0.395 e. The zero-order valence-corrected chi connectivity index (χ0v) is 22.6. The molecule has 1 aliphatic heterocycles. The van der Waals surface area contributed by atoms with Crippen LogP contribution in [0.15, 0.2) is 35.5 Å². The van der Waals surface area contributed by atoms with Gasteiger partial charge >= 0.3 is 6.18 Å². The molecule has 2 fully saturated rings. The average molecular weight is 550 g/mol. The third-order valence-electron chi connectivity index (χ3n) is 6.88. The van der Waals surface area contributed by atoms with Crippen molar-refractivity contribution in [3.8, 4) is 11.7 Å². The molecule has 1 saturated carbocycles. The molecule has 5 rings (SSSR count). The molecule has 0 spiro atoms. The molecule has 1 aliphatic carbocycles. The van der Waals surface area contributed by atoms with Crippen LogP contribution in [0.5, 0.6) is 5.88 Å². The summed E-state index contributed by atoms with van der Waals surface area (Å²) in [5, 5.41) is 8.59. The van der Waals surface area contributed by atoms with E-state index >= 15 is 0 Å². The molecule has 1 amide bonds. The van der Waals surface area contributed by atoms with E-state index in [1.54, 1.807) is 23.0 Å². The number of rotatable bonds is 7. The molecule has 3 aromatic rings. The van der Waals surface area contributed by atoms with E-state index in [2.05, 4.69) is 40.6 Å². The van der Waals surface area contributed by atoms with Gasteiger partial charge in [0.05, 0.1) is 22.1 Å². The summed E-state index contributed by atoms with van der Waals surface area (Å²) in [6.07, 6.45) is -0.893. The van der Waals surface area contributed by atoms with Gasteiger partial charge in [-0.1, -0.05) is 6.92 Å². The van der Waals surface area contributed by atoms with Crippen LogP contribution in [0.3, 0.4) is 0 Å². The number of carbonyl (C=O) groups excluding carboxylic acids is 1. The first kappa shape index (κ1) is 26.4. The number of aromatic nitrogens is 5. The Labute approximate surface area is 222 Å². The number of pyridine rings is 1. The van der Waals surface area contributed by atoms with Gasteiger partial charge in [0.25, 0.3) is 5.91 Å². The zero-order chi connectivity index (χ0) is 27.4. The standard InChI is InChI=1S/C25H30F3N7O2S/c1-14-11-24(3,4)34(12-14)22-16(23(36)32-38-19-13-33(5)30-15(19)2)6-7-20(29-22)35-9-8-21(31-35)37-18-10-17(18)25(26,27)28/h6-9,13-14,17-18H,10-12H2,1-5H3,(H,32,36)/t14-,17+,18+/m0/s1. The summed E-state index contributed by atoms with van der Waals surface area (Å²) in [5.74, 6) is -0.285. The summed E-state index contributed by atoms with van der Waals surface area (Å²) in [4.78, 5) is 21.1. The fraction of sp³-hybridized carbons (Fsp3) is 0.520. The molecule has 0 unspecified atom stereocenters. The monoisotopic (exact) mass is 549 g/mol. The molecule has 3 atom stereocenters. The largest absolute Gasteiger partial charge is 0.473 e. The second kappa shape index (κ2) is 9.51. The number of anilines is 1. The van der Waals surface area contributed by atoms with Gasteiger partial charge in [-0.25, -0.2) is 9.67 Å². The van der Waals surface area contributed by atoms with Gasteiger partial charge in [0.15, 0.2) is 5.82 Å². The quantitative estimate of drug-likeness (QED) is 0.427. The molecule has 204 valence electrons. The Hall–Kier alpha value is -3.22. The van der Waals surface area contributed by atoms with Crippen molar-refractivity contribution in [1.82, 2.24) is 29.3 Å². The Kier molecular flexibility index (Phi) is 6.60. The summed E-state index contributed by atoms with van der Waals surface area (Å²) in [7, 11) is 1.82. The van der Waals surface area contributed by atoms with E-state index in [1.165, 1.54) is 22.7 Å². The summed E-state index contributed by atoms with van der Waals surface area (Å²) in [5.41, 5.74) is 0.995. The molecule has 0 radical (unpaired) electrons. The lowest BCUT2D eigenvalue weighted by Crippen LogP contribution is -2.40. The Bertz CT molecular complexity index is 1350. The van der Waals surface area contributed by atoms with Crippen molar-refractivity contribution in [2.75, 3.05) is 11.4 Å². The summed E-state index contributed by atoms with van der Waals surface area (Å²) < 4.78 is 50.1. The Balaban J connectivity index is 1.41. The Morgan fingerprint density at radius 1 is 1.24 bits per heavy atom. The van der Waals surface area contributed by atoms with Crippen LogP contribution >= 0.6 is 11.9 Å². The van der Waals surface area contributed by atoms with E-state index in [-0.39, 0.29) is 23.7 Å². The topological polar surface area (TPSA) is 90.1 Å². The Morgan fingerprint density at radius 2 is 2.00 bits per heavy atom. The van der Waals surface area contributed by atoms with E-state index in [1.807, 2.05) is 20.2 Å². The number of halogens is 3. The second-order valence-electron chi connectivity index (χ2n) is 10.7. The van der Waals surface area contributed by atoms with E-state index in [0.717, 1.165) is 23.6 Å². The van der Waals surface area contributed by atoms with Crippen LogP contribution in [0, 0.1) is 18.8 Å². The van der Waals surface area contributed by atoms with Crippen LogP contribution in [-0.2, 0) is 7.05 Å². The first-order chi connectivity index (χ1) is 17.8. The van der Waals surface area contributed by atoms with Crippen molar-refractivity contribution in [2.24, 2.45) is 18.9 Å². The van der Waals surface area contributed by atoms with Crippen LogP contribution in [0.1, 0.15) is 49.7 Å². The van der Waals surface area contributed by atoms with Crippen LogP contribution in [-0.4, -0.2) is 54.8 Å². The number of hydrogen-bond acceptors (Lipinski definition) is 7. The summed E-state index contributed by atoms with van der Waals surface area (Å²) in [6.45, 7) is 9.00. The predicted molar refractivity (Wildman–Crippen MR) is 136 cm³/mol. The van der Waals surface area contributed by atoms with Crippen LogP contribution in [0.4, 0.5) is 19.0 Å². The minimum atomic E-state index is -4.27. The van der Waals surface area contributed by atoms with Crippen LogP contribution < -0.4 is 14.4 Å². The van der Waals surface area contributed by atoms with E-state index in [4.69, 9.17) is 9.72 Å². The third-order valence-corrected chi connectivity index (χ3v) is 7.79. The predicted octanol–water partition coefficient (Wildman–Crippen LogP) is 4.70. The highest BCUT2D eigenvalue weighted by Crippen LogP contribution is 2.46. The van der Waals surface area contributed by atoms with Gasteiger partial charge in [0.1, 0.15) is 11.9 Å². The number of ether oxygens (including phenoxy) is 1. The van der Waals surface area contributed by atoms with Crippen molar-refractivity contribution in [3.05, 3.63) is 41.9 Å². The van der Waals surface area contributed by atoms with Crippen LogP contribution in [0.25, 0.3) is 5.82 Å². The molecular formula is C25H30F3N7O2S. The van der Waals surface area contributed by atoms with Gasteiger partial charge < -0.3 is 9.64 Å². The van der Waals surface area contributed by atoms with Crippen molar-refractivity contribution < 1.29 is 22.7 Å². The number of carbonyl (C=O) groups is 1. The van der Waals surface area contributed by atoms with Gasteiger partial charge in [-0.3, -0.25) is 14.2 Å². The maximum atomic E-state index is 13.3. The molecule has 1 saturated heterocycles. The normalized spacial score (nSPS) is 22.5. The number of aryl methyl sites for hydroxylation is 2. The number of alkyl halides is 3. The van der Waals surface area contributed by atoms with Gasteiger partial charge in [-0.2, -0.15) is 18.3 Å². The van der Waals surface area contributed by atoms with Gasteiger partial charge in [0.2, 0.25) is 5.88 Å². The SMILES string of the molecule is Cc1nn(C)cc1SNC(=O)c1ccc(-n2ccc(O[C@@H]3C[C@H]3C(F)(F)F)n2)nc1N1C[C@@H](C)CC1(C)C. The molecule has 3 aromatic heterocycles. The van der Waals surface area contributed by atoms with Gasteiger partial charge in [-0.05, 0) is 63.6 Å². The zero-order valence-electron chi connectivity index (χ0n) is 21.8. The van der Waals surface area contributed by atoms with E-state index in [0.29, 0.717) is 23.1 Å². The molecule has 9 nitrogen and oxygen atoms in total. The Morgan fingerprint density at radius 3 is 2.61 bits per heavy atom. The molecule has 38 heavy (non-hydrogen) atoms. The highest BCUT2D eigenvalue weighted by Gasteiger charge is 2.58. The van der Waals surface area contributed by atoms with E-state index < -0.39 is 18.2 Å². The van der Waals surface area contributed by atoms with Crippen molar-refractivity contribution in [1.29, 1.82) is 0 Å². The number of amides is 1. The van der Waals surface area contributed by atoms with Gasteiger partial charge in [-0.15, -0.1) is 5.10 Å². The van der Waals surface area contributed by atoms with Crippen LogP contribution in [0.2, 0.25) is 0 Å². The van der Waals surface area contributed by atoms with Crippen molar-refractivity contribution in [2.45, 2.75) is 63.3 Å². The summed E-state index contributed by atoms with van der Waals surface area (Å²) >= 11 is 1.20. The lowest BCUT2D eigenvalue weighted by molar-refractivity contribution is -0.153. The first-order valence-corrected chi connectivity index (χ1v) is 13.2. The lowest BCUT2D eigenvalue weighted by Gasteiger charge is -2.34. The maximum absolute atomic E-state index is 13.3. The lowest BCUT2D eigenvalue weighted by atomic mass is 9.97. The average Bonchev–Trinajstić information content (AvgIpc) is 3.18. The molecular weight excluding hydrogens is 519 g/mol. The van der Waals surface area contributed by atoms with Crippen molar-refractivity contribution in [3.63, 3.8) is 0 Å². The molecule has 1 N–H and O–H groups in total. The maximum Gasteiger partial charge on any atom is 0.395 e. The number of nitrogens with one attached hydrogen (secondary N) is 1. The third kappa shape index (κ3) is 5.33. The molecule has 2 aliphatic rings. The minimum absolute atomic E-state index is 0.0681. The van der Waals surface area contributed by atoms with E-state index in [9.17, 15) is 18.0 Å². The first-order valence-electron chi connectivity index (χ1n) is 12.4. The highest BCUT2D eigenvalue weighted by molar-refractivity contribution is 7.98. The molecule has 13 heteroatoms. The van der Waals surface area contributed by atoms with Gasteiger partial charge in [0, 0.05) is 37.6 Å². The van der Waals surface area contributed by atoms with Crippen molar-refractivity contribution >= 4 is 23.7 Å². The fourth-order valence-corrected chi connectivity index (χ4v) is 5.75. The minimum Gasteiger partial charge on any atom is -0.473 e. The summed E-state index contributed by atoms with van der Waals surface area (Å²) in [6, 6.07) is 4.88. The molecule has 0 bridgehead atoms. The molecule has 0 aromatic carbocycles. The second-order valence-corrected chi connectivity index (χ2v) is 11.5. The molecule has 4 heterocycles.